The van der Waals surface area contributed by atoms with Gasteiger partial charge in [-0.05, 0) is 30.0 Å². The van der Waals surface area contributed by atoms with Crippen molar-refractivity contribution in [2.24, 2.45) is 5.92 Å². The molecule has 0 heterocycles. The van der Waals surface area contributed by atoms with Gasteiger partial charge in [0.05, 0.1) is 12.3 Å². The lowest BCUT2D eigenvalue weighted by atomic mass is 10.1. The van der Waals surface area contributed by atoms with Crippen molar-refractivity contribution in [3.63, 3.8) is 0 Å². The fraction of sp³-hybridized carbons (Fsp3) is 0.538. The number of nitrogen functional groups attached to an aromatic ring is 1. The lowest BCUT2D eigenvalue weighted by Crippen LogP contribution is -2.05. The number of rotatable bonds is 6. The molecule has 0 aliphatic carbocycles. The molecular formula is C13H20FNO. The number of benzene rings is 1. The minimum absolute atomic E-state index is 0.183. The maximum absolute atomic E-state index is 13.1. The summed E-state index contributed by atoms with van der Waals surface area (Å²) < 4.78 is 18.6. The van der Waals surface area contributed by atoms with E-state index in [2.05, 4.69) is 13.8 Å². The van der Waals surface area contributed by atoms with E-state index in [9.17, 15) is 4.39 Å². The minimum Gasteiger partial charge on any atom is -0.396 e. The SMILES string of the molecule is CCCC(C)COCc1ccc(N)c(F)c1. The Balaban J connectivity index is 2.34. The highest BCUT2D eigenvalue weighted by molar-refractivity contribution is 5.41. The zero-order valence-electron chi connectivity index (χ0n) is 10.0. The van der Waals surface area contributed by atoms with Gasteiger partial charge in [-0.3, -0.25) is 0 Å². The molecule has 0 aliphatic rings. The van der Waals surface area contributed by atoms with Crippen molar-refractivity contribution in [1.82, 2.24) is 0 Å². The number of anilines is 1. The monoisotopic (exact) mass is 225 g/mol. The third-order valence-electron chi connectivity index (χ3n) is 2.52. The van der Waals surface area contributed by atoms with Crippen LogP contribution in [0.2, 0.25) is 0 Å². The third-order valence-corrected chi connectivity index (χ3v) is 2.52. The average molecular weight is 225 g/mol. The van der Waals surface area contributed by atoms with Gasteiger partial charge in [-0.15, -0.1) is 0 Å². The molecule has 1 rings (SSSR count). The summed E-state index contributed by atoms with van der Waals surface area (Å²) in [4.78, 5) is 0. The van der Waals surface area contributed by atoms with Gasteiger partial charge in [0.2, 0.25) is 0 Å². The van der Waals surface area contributed by atoms with Gasteiger partial charge in [-0.25, -0.2) is 4.39 Å². The molecule has 90 valence electrons. The first-order valence-corrected chi connectivity index (χ1v) is 5.75. The van der Waals surface area contributed by atoms with Crippen LogP contribution in [0.4, 0.5) is 10.1 Å². The summed E-state index contributed by atoms with van der Waals surface area (Å²) >= 11 is 0. The maximum Gasteiger partial charge on any atom is 0.146 e. The fourth-order valence-electron chi connectivity index (χ4n) is 1.61. The Morgan fingerprint density at radius 1 is 1.44 bits per heavy atom. The Labute approximate surface area is 96.6 Å². The molecule has 2 nitrogen and oxygen atoms in total. The largest absolute Gasteiger partial charge is 0.396 e. The summed E-state index contributed by atoms with van der Waals surface area (Å²) in [5, 5.41) is 0. The molecule has 0 aromatic heterocycles. The minimum atomic E-state index is -0.372. The van der Waals surface area contributed by atoms with E-state index in [0.29, 0.717) is 12.5 Å². The number of hydrogen-bond acceptors (Lipinski definition) is 2. The summed E-state index contributed by atoms with van der Waals surface area (Å²) in [5.74, 6) is 0.186. The van der Waals surface area contributed by atoms with Crippen LogP contribution in [-0.2, 0) is 11.3 Å². The molecule has 1 aromatic rings. The maximum atomic E-state index is 13.1. The Hall–Kier alpha value is -1.09. The molecule has 0 amide bonds. The molecule has 0 aliphatic heterocycles. The van der Waals surface area contributed by atoms with Gasteiger partial charge in [0, 0.05) is 6.61 Å². The van der Waals surface area contributed by atoms with E-state index in [1.165, 1.54) is 12.5 Å². The van der Waals surface area contributed by atoms with E-state index < -0.39 is 0 Å². The van der Waals surface area contributed by atoms with Gasteiger partial charge in [0.25, 0.3) is 0 Å². The molecular weight excluding hydrogens is 205 g/mol. The zero-order valence-corrected chi connectivity index (χ0v) is 10.0. The fourth-order valence-corrected chi connectivity index (χ4v) is 1.61. The summed E-state index contributed by atoms with van der Waals surface area (Å²) in [6, 6.07) is 4.80. The highest BCUT2D eigenvalue weighted by atomic mass is 19.1. The Kier molecular flexibility index (Phi) is 5.26. The molecule has 0 radical (unpaired) electrons. The Morgan fingerprint density at radius 2 is 2.19 bits per heavy atom. The van der Waals surface area contributed by atoms with Gasteiger partial charge in [0.15, 0.2) is 0 Å². The Morgan fingerprint density at radius 3 is 2.81 bits per heavy atom. The number of ether oxygens (including phenoxy) is 1. The lowest BCUT2D eigenvalue weighted by molar-refractivity contribution is 0.0892. The molecule has 1 unspecified atom stereocenters. The standard InChI is InChI=1S/C13H20FNO/c1-3-4-10(2)8-16-9-11-5-6-13(15)12(14)7-11/h5-7,10H,3-4,8-9,15H2,1-2H3. The molecule has 0 saturated heterocycles. The van der Waals surface area contributed by atoms with Crippen molar-refractivity contribution in [1.29, 1.82) is 0 Å². The molecule has 2 N–H and O–H groups in total. The van der Waals surface area contributed by atoms with Crippen molar-refractivity contribution in [2.45, 2.75) is 33.3 Å². The van der Waals surface area contributed by atoms with E-state index >= 15 is 0 Å². The van der Waals surface area contributed by atoms with Crippen LogP contribution in [0.3, 0.4) is 0 Å². The number of halogens is 1. The molecule has 16 heavy (non-hydrogen) atoms. The second kappa shape index (κ2) is 6.48. The third kappa shape index (κ3) is 4.19. The predicted octanol–water partition coefficient (Wildman–Crippen LogP) is 3.36. The van der Waals surface area contributed by atoms with Crippen LogP contribution in [0.1, 0.15) is 32.3 Å². The first kappa shape index (κ1) is 13.0. The summed E-state index contributed by atoms with van der Waals surface area (Å²) in [6.07, 6.45) is 2.33. The first-order chi connectivity index (χ1) is 7.63. The average Bonchev–Trinajstić information content (AvgIpc) is 2.24. The molecule has 0 spiro atoms. The van der Waals surface area contributed by atoms with E-state index in [4.69, 9.17) is 10.5 Å². The summed E-state index contributed by atoms with van der Waals surface area (Å²) in [7, 11) is 0. The van der Waals surface area contributed by atoms with E-state index in [0.717, 1.165) is 18.6 Å². The smallest absolute Gasteiger partial charge is 0.146 e. The molecule has 3 heteroatoms. The second-order valence-corrected chi connectivity index (χ2v) is 4.26. The van der Waals surface area contributed by atoms with Crippen molar-refractivity contribution < 1.29 is 9.13 Å². The number of hydrogen-bond donors (Lipinski definition) is 1. The first-order valence-electron chi connectivity index (χ1n) is 5.75. The quantitative estimate of drug-likeness (QED) is 0.753. The van der Waals surface area contributed by atoms with Gasteiger partial charge in [-0.2, -0.15) is 0 Å². The summed E-state index contributed by atoms with van der Waals surface area (Å²) in [5.41, 5.74) is 6.40. The summed E-state index contributed by atoms with van der Waals surface area (Å²) in [6.45, 7) is 5.49. The van der Waals surface area contributed by atoms with E-state index in [-0.39, 0.29) is 11.5 Å². The van der Waals surface area contributed by atoms with Crippen molar-refractivity contribution in [3.8, 4) is 0 Å². The van der Waals surface area contributed by atoms with Crippen molar-refractivity contribution in [3.05, 3.63) is 29.6 Å². The molecule has 0 fully saturated rings. The zero-order chi connectivity index (χ0) is 12.0. The molecule has 1 atom stereocenters. The van der Waals surface area contributed by atoms with Crippen LogP contribution in [0.25, 0.3) is 0 Å². The predicted molar refractivity (Wildman–Crippen MR) is 64.5 cm³/mol. The van der Waals surface area contributed by atoms with Crippen LogP contribution < -0.4 is 5.73 Å². The van der Waals surface area contributed by atoms with Gasteiger partial charge in [0.1, 0.15) is 5.82 Å². The lowest BCUT2D eigenvalue weighted by Gasteiger charge is -2.11. The van der Waals surface area contributed by atoms with Crippen LogP contribution in [-0.4, -0.2) is 6.61 Å². The molecule has 1 aromatic carbocycles. The van der Waals surface area contributed by atoms with Gasteiger partial charge < -0.3 is 10.5 Å². The van der Waals surface area contributed by atoms with E-state index in [1.807, 2.05) is 0 Å². The normalized spacial score (nSPS) is 12.7. The second-order valence-electron chi connectivity index (χ2n) is 4.26. The van der Waals surface area contributed by atoms with E-state index in [1.54, 1.807) is 12.1 Å². The van der Waals surface area contributed by atoms with Crippen LogP contribution in [0.15, 0.2) is 18.2 Å². The van der Waals surface area contributed by atoms with Crippen LogP contribution in [0.5, 0.6) is 0 Å². The molecule has 0 saturated carbocycles. The van der Waals surface area contributed by atoms with Gasteiger partial charge >= 0.3 is 0 Å². The van der Waals surface area contributed by atoms with Crippen LogP contribution >= 0.6 is 0 Å². The van der Waals surface area contributed by atoms with Gasteiger partial charge in [-0.1, -0.05) is 26.3 Å². The number of nitrogens with two attached hydrogens (primary N) is 1. The van der Waals surface area contributed by atoms with Crippen LogP contribution in [0, 0.1) is 11.7 Å². The highest BCUT2D eigenvalue weighted by Crippen LogP contribution is 2.13. The van der Waals surface area contributed by atoms with Crippen molar-refractivity contribution in [2.75, 3.05) is 12.3 Å². The van der Waals surface area contributed by atoms with Crippen molar-refractivity contribution >= 4 is 5.69 Å². The Bertz CT molecular complexity index is 328. The highest BCUT2D eigenvalue weighted by Gasteiger charge is 2.03. The molecule has 0 bridgehead atoms. The topological polar surface area (TPSA) is 35.2 Å².